The molecule has 0 unspecified atom stereocenters. The number of aromatic nitrogens is 5. The van der Waals surface area contributed by atoms with E-state index in [1.807, 2.05) is 18.2 Å². The van der Waals surface area contributed by atoms with Gasteiger partial charge in [0.25, 0.3) is 0 Å². The average Bonchev–Trinajstić information content (AvgIpc) is 3.60. The van der Waals surface area contributed by atoms with Crippen LogP contribution in [0.3, 0.4) is 0 Å². The lowest BCUT2D eigenvalue weighted by molar-refractivity contribution is 0.0757. The second-order valence-electron chi connectivity index (χ2n) is 11.7. The molecule has 7 rings (SSSR count). The van der Waals surface area contributed by atoms with Gasteiger partial charge in [0.1, 0.15) is 17.8 Å². The van der Waals surface area contributed by atoms with E-state index in [0.29, 0.717) is 30.9 Å². The van der Waals surface area contributed by atoms with Gasteiger partial charge in [-0.25, -0.2) is 14.6 Å². The summed E-state index contributed by atoms with van der Waals surface area (Å²) in [5.41, 5.74) is 11.4. The van der Waals surface area contributed by atoms with Gasteiger partial charge in [-0.15, -0.1) is 0 Å². The first kappa shape index (κ1) is 26.4. The number of nitrogens with zero attached hydrogens (tertiary/aromatic N) is 6. The van der Waals surface area contributed by atoms with Crippen LogP contribution in [0.5, 0.6) is 0 Å². The molecule has 0 amide bonds. The number of hydrogen-bond donors (Lipinski definition) is 2. The van der Waals surface area contributed by atoms with Gasteiger partial charge in [0, 0.05) is 46.9 Å². The topological polar surface area (TPSA) is 98.0 Å². The Labute approximate surface area is 244 Å². The molecule has 0 spiro atoms. The van der Waals surface area contributed by atoms with Crippen molar-refractivity contribution >= 4 is 39.4 Å². The van der Waals surface area contributed by atoms with Gasteiger partial charge in [-0.2, -0.15) is 5.10 Å². The first-order valence-electron chi connectivity index (χ1n) is 14.8. The Morgan fingerprint density at radius 2 is 1.71 bits per heavy atom. The maximum absolute atomic E-state index is 9.50. The molecule has 8 nitrogen and oxygen atoms in total. The Morgan fingerprint density at radius 1 is 0.927 bits per heavy atom. The van der Waals surface area contributed by atoms with Crippen LogP contribution in [0, 0.1) is 5.92 Å². The van der Waals surface area contributed by atoms with E-state index in [1.165, 1.54) is 0 Å². The van der Waals surface area contributed by atoms with Crippen molar-refractivity contribution < 1.29 is 5.11 Å². The van der Waals surface area contributed by atoms with E-state index >= 15 is 0 Å². The number of piperidine rings is 1. The van der Waals surface area contributed by atoms with Crippen LogP contribution in [0.25, 0.3) is 33.2 Å². The van der Waals surface area contributed by atoms with Gasteiger partial charge in [-0.3, -0.25) is 0 Å². The van der Waals surface area contributed by atoms with Crippen LogP contribution < -0.4 is 5.73 Å². The first-order chi connectivity index (χ1) is 20.1. The van der Waals surface area contributed by atoms with Gasteiger partial charge in [0.15, 0.2) is 5.65 Å². The highest BCUT2D eigenvalue weighted by Gasteiger charge is 2.31. The van der Waals surface area contributed by atoms with Gasteiger partial charge in [-0.1, -0.05) is 35.9 Å². The molecular formula is C32H36ClN7O. The molecule has 41 heavy (non-hydrogen) atoms. The summed E-state index contributed by atoms with van der Waals surface area (Å²) in [7, 11) is 0. The summed E-state index contributed by atoms with van der Waals surface area (Å²) in [6.45, 7) is 3.23. The Balaban J connectivity index is 1.16. The second-order valence-corrected chi connectivity index (χ2v) is 12.1. The summed E-state index contributed by atoms with van der Waals surface area (Å²) < 4.78 is 4.34. The van der Waals surface area contributed by atoms with Gasteiger partial charge in [0.05, 0.1) is 11.4 Å². The third-order valence-electron chi connectivity index (χ3n) is 9.30. The van der Waals surface area contributed by atoms with Gasteiger partial charge >= 0.3 is 0 Å². The van der Waals surface area contributed by atoms with Crippen LogP contribution in [-0.2, 0) is 6.54 Å². The van der Waals surface area contributed by atoms with Crippen LogP contribution in [-0.4, -0.2) is 60.1 Å². The molecule has 5 aromatic rings. The number of likely N-dealkylation sites (tertiary alicyclic amines) is 1. The van der Waals surface area contributed by atoms with Crippen molar-refractivity contribution in [3.63, 3.8) is 0 Å². The number of benzene rings is 2. The van der Waals surface area contributed by atoms with Gasteiger partial charge in [0.2, 0.25) is 0 Å². The van der Waals surface area contributed by atoms with Crippen LogP contribution >= 0.6 is 11.6 Å². The highest BCUT2D eigenvalue weighted by Crippen LogP contribution is 2.38. The zero-order valence-electron chi connectivity index (χ0n) is 23.2. The SMILES string of the molecule is Nc1ncnc2c1c(-c1ccc3c(ccn3Cc3ccccc3Cl)c1)nn2[C@H]1CC[C@H](N2CCC(CO)CC2)CC1. The second kappa shape index (κ2) is 11.1. The van der Waals surface area contributed by atoms with Crippen LogP contribution in [0.1, 0.15) is 50.1 Å². The first-order valence-corrected chi connectivity index (χ1v) is 15.1. The Morgan fingerprint density at radius 3 is 2.49 bits per heavy atom. The molecule has 212 valence electrons. The average molecular weight is 570 g/mol. The van der Waals surface area contributed by atoms with E-state index in [0.717, 1.165) is 95.4 Å². The fourth-order valence-electron chi connectivity index (χ4n) is 6.92. The third-order valence-corrected chi connectivity index (χ3v) is 9.67. The number of nitrogens with two attached hydrogens (primary N) is 1. The van der Waals surface area contributed by atoms with Crippen molar-refractivity contribution in [3.05, 3.63) is 71.6 Å². The predicted octanol–water partition coefficient (Wildman–Crippen LogP) is 5.92. The maximum Gasteiger partial charge on any atom is 0.164 e. The number of rotatable bonds is 6. The van der Waals surface area contributed by atoms with Crippen molar-refractivity contribution in [1.82, 2.24) is 29.2 Å². The predicted molar refractivity (Wildman–Crippen MR) is 164 cm³/mol. The summed E-state index contributed by atoms with van der Waals surface area (Å²) in [4.78, 5) is 11.6. The van der Waals surface area contributed by atoms with Crippen molar-refractivity contribution in [2.75, 3.05) is 25.4 Å². The fraction of sp³-hybridized carbons (Fsp3) is 0.406. The maximum atomic E-state index is 9.50. The van der Waals surface area contributed by atoms with Crippen molar-refractivity contribution in [2.24, 2.45) is 5.92 Å². The smallest absolute Gasteiger partial charge is 0.164 e. The van der Waals surface area contributed by atoms with Crippen molar-refractivity contribution in [1.29, 1.82) is 0 Å². The molecule has 1 aliphatic carbocycles. The molecule has 1 saturated heterocycles. The van der Waals surface area contributed by atoms with Gasteiger partial charge in [-0.05, 0) is 87.4 Å². The molecule has 3 N–H and O–H groups in total. The number of anilines is 1. The summed E-state index contributed by atoms with van der Waals surface area (Å²) in [6.07, 6.45) is 10.3. The normalized spacial score (nSPS) is 20.7. The Hall–Kier alpha value is -3.46. The van der Waals surface area contributed by atoms with Crippen molar-refractivity contribution in [2.45, 2.75) is 57.2 Å². The van der Waals surface area contributed by atoms with E-state index < -0.39 is 0 Å². The quantitative estimate of drug-likeness (QED) is 0.263. The lowest BCUT2D eigenvalue weighted by atomic mass is 9.88. The molecule has 2 aromatic carbocycles. The van der Waals surface area contributed by atoms with E-state index in [2.05, 4.69) is 60.6 Å². The summed E-state index contributed by atoms with van der Waals surface area (Å²) in [5, 5.41) is 17.4. The number of hydrogen-bond acceptors (Lipinski definition) is 6. The zero-order chi connectivity index (χ0) is 27.9. The lowest BCUT2D eigenvalue weighted by Gasteiger charge is -2.40. The van der Waals surface area contributed by atoms with E-state index in [1.54, 1.807) is 6.33 Å². The minimum absolute atomic E-state index is 0.284. The molecule has 3 aromatic heterocycles. The molecule has 0 radical (unpaired) electrons. The lowest BCUT2D eigenvalue weighted by Crippen LogP contribution is -2.43. The Bertz CT molecular complexity index is 1680. The number of aliphatic hydroxyl groups excluding tert-OH is 1. The zero-order valence-corrected chi connectivity index (χ0v) is 23.9. The number of halogens is 1. The molecule has 1 aliphatic heterocycles. The largest absolute Gasteiger partial charge is 0.396 e. The van der Waals surface area contributed by atoms with Crippen LogP contribution in [0.2, 0.25) is 5.02 Å². The summed E-state index contributed by atoms with van der Waals surface area (Å²) in [5.74, 6) is 0.940. The minimum atomic E-state index is 0.284. The molecule has 4 heterocycles. The molecule has 9 heteroatoms. The van der Waals surface area contributed by atoms with Crippen molar-refractivity contribution in [3.8, 4) is 11.3 Å². The van der Waals surface area contributed by atoms with Crippen LogP contribution in [0.15, 0.2) is 61.1 Å². The fourth-order valence-corrected chi connectivity index (χ4v) is 7.11. The van der Waals surface area contributed by atoms with E-state index in [4.69, 9.17) is 22.4 Å². The summed E-state index contributed by atoms with van der Waals surface area (Å²) in [6, 6.07) is 17.5. The molecular weight excluding hydrogens is 534 g/mol. The minimum Gasteiger partial charge on any atom is -0.396 e. The van der Waals surface area contributed by atoms with E-state index in [9.17, 15) is 5.11 Å². The number of nitrogen functional groups attached to an aromatic ring is 1. The molecule has 0 atom stereocenters. The number of aliphatic hydroxyl groups is 1. The Kier molecular flexibility index (Phi) is 7.15. The standard InChI is InChI=1S/C32H36ClN7O/c33-27-4-2-1-3-24(27)18-39-16-13-22-17-23(5-10-28(22)39)30-29-31(34)35-20-36-32(29)40(37-30)26-8-6-25(7-9-26)38-14-11-21(19-41)12-15-38/h1-5,10,13,16-17,20-21,25-26,41H,6-9,11-12,14-15,18-19H2,(H2,34,35,36)/t25-,26-. The number of fused-ring (bicyclic) bond motifs is 2. The van der Waals surface area contributed by atoms with Crippen LogP contribution in [0.4, 0.5) is 5.82 Å². The highest BCUT2D eigenvalue weighted by molar-refractivity contribution is 6.31. The molecule has 2 fully saturated rings. The summed E-state index contributed by atoms with van der Waals surface area (Å²) >= 11 is 6.43. The third kappa shape index (κ3) is 4.98. The van der Waals surface area contributed by atoms with Gasteiger partial charge < -0.3 is 20.3 Å². The van der Waals surface area contributed by atoms with E-state index in [-0.39, 0.29) is 6.04 Å². The highest BCUT2D eigenvalue weighted by atomic mass is 35.5. The molecule has 1 saturated carbocycles. The molecule has 0 bridgehead atoms. The monoisotopic (exact) mass is 569 g/mol. The molecule has 2 aliphatic rings.